The fraction of sp³-hybridized carbons (Fsp3) is 0.471. The van der Waals surface area contributed by atoms with Crippen LogP contribution in [0.3, 0.4) is 0 Å². The van der Waals surface area contributed by atoms with Crippen LogP contribution in [0.15, 0.2) is 34.2 Å². The predicted molar refractivity (Wildman–Crippen MR) is 99.2 cm³/mol. The monoisotopic (exact) mass is 364 g/mol. The third-order valence-corrected chi connectivity index (χ3v) is 5.16. The molecule has 1 amide bonds. The number of ether oxygens (including phenoxy) is 1. The number of rotatable bonds is 8. The molecule has 1 aromatic carbocycles. The highest BCUT2D eigenvalue weighted by molar-refractivity contribution is 8.00. The zero-order chi connectivity index (χ0) is 18.4. The number of carbonyl (C=O) groups is 1. The lowest BCUT2D eigenvalue weighted by molar-refractivity contribution is -0.116. The Morgan fingerprint density at radius 3 is 2.60 bits per heavy atom. The first-order chi connectivity index (χ1) is 12.0. The summed E-state index contributed by atoms with van der Waals surface area (Å²) in [5.41, 5.74) is 0.451. The fourth-order valence-corrected chi connectivity index (χ4v) is 3.37. The summed E-state index contributed by atoms with van der Waals surface area (Å²) in [7, 11) is 1.60. The second-order valence-electron chi connectivity index (χ2n) is 5.96. The van der Waals surface area contributed by atoms with Gasteiger partial charge < -0.3 is 10.1 Å². The molecule has 0 aliphatic heterocycles. The number of carbonyl (C=O) groups excluding carboxylic acids is 1. The molecule has 1 atom stereocenters. The van der Waals surface area contributed by atoms with E-state index in [0.29, 0.717) is 17.4 Å². The largest absolute Gasteiger partial charge is 0.497 e. The lowest BCUT2D eigenvalue weighted by Crippen LogP contribution is -2.30. The molecule has 2 aromatic rings. The molecule has 1 heterocycles. The van der Waals surface area contributed by atoms with Crippen molar-refractivity contribution in [1.29, 1.82) is 0 Å². The van der Waals surface area contributed by atoms with Crippen molar-refractivity contribution < 1.29 is 9.53 Å². The summed E-state index contributed by atoms with van der Waals surface area (Å²) in [6.45, 7) is 6.51. The maximum Gasteiger partial charge on any atom is 0.343 e. The molecule has 25 heavy (non-hydrogen) atoms. The highest BCUT2D eigenvalue weighted by Gasteiger charge is 2.26. The summed E-state index contributed by atoms with van der Waals surface area (Å²) in [5.74, 6) is 0.682. The molecule has 0 fully saturated rings. The number of hydrogen-bond donors (Lipinski definition) is 2. The molecule has 136 valence electrons. The van der Waals surface area contributed by atoms with Gasteiger partial charge in [0, 0.05) is 12.2 Å². The summed E-state index contributed by atoms with van der Waals surface area (Å²) in [6.07, 6.45) is 0.817. The van der Waals surface area contributed by atoms with Crippen LogP contribution in [-0.4, -0.2) is 33.0 Å². The maximum absolute atomic E-state index is 12.7. The number of hydrogen-bond acceptors (Lipinski definition) is 5. The van der Waals surface area contributed by atoms with E-state index < -0.39 is 0 Å². The van der Waals surface area contributed by atoms with Crippen molar-refractivity contribution in [1.82, 2.24) is 14.8 Å². The fourth-order valence-electron chi connectivity index (χ4n) is 2.31. The van der Waals surface area contributed by atoms with Crippen molar-refractivity contribution in [3.05, 3.63) is 34.7 Å². The number of benzene rings is 1. The molecular weight excluding hydrogens is 340 g/mol. The molecule has 2 N–H and O–H groups in total. The summed E-state index contributed by atoms with van der Waals surface area (Å²) in [6, 6.07) is 7.17. The zero-order valence-electron chi connectivity index (χ0n) is 14.9. The van der Waals surface area contributed by atoms with Gasteiger partial charge >= 0.3 is 5.69 Å². The average Bonchev–Trinajstić information content (AvgIpc) is 2.93. The minimum atomic E-state index is -0.368. The summed E-state index contributed by atoms with van der Waals surface area (Å²) in [5, 5.41) is 9.60. The molecule has 0 saturated carbocycles. The van der Waals surface area contributed by atoms with Crippen molar-refractivity contribution in [3.63, 3.8) is 0 Å². The van der Waals surface area contributed by atoms with E-state index in [9.17, 15) is 9.59 Å². The number of H-pyrrole nitrogens is 1. The minimum Gasteiger partial charge on any atom is -0.497 e. The van der Waals surface area contributed by atoms with E-state index in [1.807, 2.05) is 20.8 Å². The van der Waals surface area contributed by atoms with E-state index >= 15 is 0 Å². The predicted octanol–water partition coefficient (Wildman–Crippen LogP) is 2.75. The summed E-state index contributed by atoms with van der Waals surface area (Å²) < 4.78 is 6.69. The van der Waals surface area contributed by atoms with Crippen molar-refractivity contribution in [2.45, 2.75) is 44.1 Å². The van der Waals surface area contributed by atoms with Gasteiger partial charge in [-0.15, -0.1) is 5.10 Å². The van der Waals surface area contributed by atoms with Gasteiger partial charge in [-0.25, -0.2) is 9.89 Å². The van der Waals surface area contributed by atoms with E-state index in [1.165, 1.54) is 11.8 Å². The highest BCUT2D eigenvalue weighted by atomic mass is 32.2. The van der Waals surface area contributed by atoms with Crippen LogP contribution in [0.25, 0.3) is 0 Å². The Morgan fingerprint density at radius 2 is 2.04 bits per heavy atom. The number of nitrogens with zero attached hydrogens (tertiary/aromatic N) is 2. The highest BCUT2D eigenvalue weighted by Crippen LogP contribution is 2.27. The maximum atomic E-state index is 12.7. The second kappa shape index (κ2) is 8.75. The summed E-state index contributed by atoms with van der Waals surface area (Å²) in [4.78, 5) is 24.5. The topological polar surface area (TPSA) is 89.0 Å². The van der Waals surface area contributed by atoms with E-state index in [-0.39, 0.29) is 22.8 Å². The molecule has 0 bridgehead atoms. The molecule has 0 unspecified atom stereocenters. The lowest BCUT2D eigenvalue weighted by atomic mass is 10.1. The standard InChI is InChI=1S/C17H24N4O3S/c1-5-10-21-16(23)19-20-17(21)25-14(11(2)3)15(22)18-12-6-8-13(24-4)9-7-12/h6-9,11,14H,5,10H2,1-4H3,(H,18,22)(H,19,23)/t14-/m1/s1. The quantitative estimate of drug-likeness (QED) is 0.703. The van der Waals surface area contributed by atoms with Gasteiger partial charge in [-0.1, -0.05) is 32.5 Å². The molecule has 0 aliphatic rings. The first kappa shape index (κ1) is 19.1. The molecule has 0 saturated heterocycles. The van der Waals surface area contributed by atoms with Crippen LogP contribution in [0.5, 0.6) is 5.75 Å². The van der Waals surface area contributed by atoms with Crippen molar-refractivity contribution in [2.75, 3.05) is 12.4 Å². The van der Waals surface area contributed by atoms with Crippen molar-refractivity contribution in [2.24, 2.45) is 5.92 Å². The number of aromatic nitrogens is 3. The van der Waals surface area contributed by atoms with E-state index in [4.69, 9.17) is 4.74 Å². The van der Waals surface area contributed by atoms with Crippen LogP contribution in [0, 0.1) is 5.92 Å². The molecule has 0 radical (unpaired) electrons. The molecule has 0 aliphatic carbocycles. The number of nitrogens with one attached hydrogen (secondary N) is 2. The number of amides is 1. The SMILES string of the molecule is CCCn1c(S[C@@H](C(=O)Nc2ccc(OC)cc2)C(C)C)n[nH]c1=O. The Labute approximate surface area is 151 Å². The normalized spacial score (nSPS) is 12.2. The van der Waals surface area contributed by atoms with Crippen LogP contribution in [0.4, 0.5) is 5.69 Å². The zero-order valence-corrected chi connectivity index (χ0v) is 15.7. The minimum absolute atomic E-state index is 0.0742. The van der Waals surface area contributed by atoms with Gasteiger partial charge in [0.1, 0.15) is 5.75 Å². The van der Waals surface area contributed by atoms with E-state index in [2.05, 4.69) is 15.5 Å². The molecule has 2 rings (SSSR count). The average molecular weight is 364 g/mol. The molecule has 8 heteroatoms. The van der Waals surface area contributed by atoms with Gasteiger partial charge in [-0.05, 0) is 36.6 Å². The Kier molecular flexibility index (Phi) is 6.69. The van der Waals surface area contributed by atoms with Crippen molar-refractivity contribution in [3.8, 4) is 5.75 Å². The third-order valence-electron chi connectivity index (χ3n) is 3.62. The number of thioether (sulfide) groups is 1. The van der Waals surface area contributed by atoms with Crippen LogP contribution in [0.2, 0.25) is 0 Å². The second-order valence-corrected chi connectivity index (χ2v) is 7.07. The van der Waals surface area contributed by atoms with Crippen LogP contribution in [-0.2, 0) is 11.3 Å². The Bertz CT molecular complexity index is 752. The van der Waals surface area contributed by atoms with Gasteiger partial charge in [-0.3, -0.25) is 9.36 Å². The molecule has 0 spiro atoms. The lowest BCUT2D eigenvalue weighted by Gasteiger charge is -2.19. The van der Waals surface area contributed by atoms with E-state index in [0.717, 1.165) is 12.2 Å². The van der Waals surface area contributed by atoms with Crippen molar-refractivity contribution >= 4 is 23.4 Å². The van der Waals surface area contributed by atoms with Crippen LogP contribution in [0.1, 0.15) is 27.2 Å². The first-order valence-electron chi connectivity index (χ1n) is 8.23. The summed E-state index contributed by atoms with van der Waals surface area (Å²) >= 11 is 1.30. The van der Waals surface area contributed by atoms with Gasteiger partial charge in [0.25, 0.3) is 0 Å². The Balaban J connectivity index is 2.14. The smallest absolute Gasteiger partial charge is 0.343 e. The number of anilines is 1. The molecule has 1 aromatic heterocycles. The number of methoxy groups -OCH3 is 1. The van der Waals surface area contributed by atoms with Crippen LogP contribution >= 0.6 is 11.8 Å². The van der Waals surface area contributed by atoms with Gasteiger partial charge in [0.05, 0.1) is 12.4 Å². The molecular formula is C17H24N4O3S. The molecule has 7 nitrogen and oxygen atoms in total. The van der Waals surface area contributed by atoms with Gasteiger partial charge in [0.2, 0.25) is 5.91 Å². The van der Waals surface area contributed by atoms with E-state index in [1.54, 1.807) is 35.9 Å². The van der Waals surface area contributed by atoms with Gasteiger partial charge in [0.15, 0.2) is 5.16 Å². The first-order valence-corrected chi connectivity index (χ1v) is 9.11. The Hall–Kier alpha value is -2.22. The third kappa shape index (κ3) is 4.88. The number of aromatic amines is 1. The Morgan fingerprint density at radius 1 is 1.36 bits per heavy atom. The van der Waals surface area contributed by atoms with Gasteiger partial charge in [-0.2, -0.15) is 0 Å². The van der Waals surface area contributed by atoms with Crippen LogP contribution < -0.4 is 15.7 Å².